The van der Waals surface area contributed by atoms with E-state index in [0.29, 0.717) is 27.4 Å². The molecule has 0 aliphatic rings. The van der Waals surface area contributed by atoms with Crippen molar-refractivity contribution in [3.05, 3.63) is 52.2 Å². The zero-order valence-corrected chi connectivity index (χ0v) is 13.0. The highest BCUT2D eigenvalue weighted by atomic mass is 35.5. The van der Waals surface area contributed by atoms with Gasteiger partial charge in [-0.15, -0.1) is 11.3 Å². The van der Waals surface area contributed by atoms with Crippen LogP contribution in [0.1, 0.15) is 16.2 Å². The third-order valence-corrected chi connectivity index (χ3v) is 3.71. The summed E-state index contributed by atoms with van der Waals surface area (Å²) >= 11 is 7.16. The molecular formula is C14H11ClN4O2S. The molecule has 8 heteroatoms. The second kappa shape index (κ2) is 6.17. The van der Waals surface area contributed by atoms with E-state index in [1.807, 2.05) is 12.1 Å². The number of carbonyl (C=O) groups is 1. The quantitative estimate of drug-likeness (QED) is 0.751. The summed E-state index contributed by atoms with van der Waals surface area (Å²) in [7, 11) is 0. The third-order valence-electron chi connectivity index (χ3n) is 2.70. The van der Waals surface area contributed by atoms with E-state index in [-0.39, 0.29) is 5.91 Å². The van der Waals surface area contributed by atoms with Crippen molar-refractivity contribution in [1.82, 2.24) is 10.1 Å². The molecule has 0 aliphatic heterocycles. The molecule has 2 N–H and O–H groups in total. The van der Waals surface area contributed by atoms with Gasteiger partial charge in [0.1, 0.15) is 11.5 Å². The van der Waals surface area contributed by atoms with E-state index in [4.69, 9.17) is 16.1 Å². The smallest absolute Gasteiger partial charge is 0.276 e. The number of anilines is 3. The Kier molecular flexibility index (Phi) is 4.08. The molecular weight excluding hydrogens is 324 g/mol. The van der Waals surface area contributed by atoms with Crippen LogP contribution in [-0.2, 0) is 0 Å². The van der Waals surface area contributed by atoms with Gasteiger partial charge in [0.05, 0.1) is 0 Å². The average Bonchev–Trinajstić information content (AvgIpc) is 3.11. The van der Waals surface area contributed by atoms with E-state index in [1.165, 1.54) is 11.3 Å². The Morgan fingerprint density at radius 1 is 1.32 bits per heavy atom. The van der Waals surface area contributed by atoms with Gasteiger partial charge >= 0.3 is 0 Å². The van der Waals surface area contributed by atoms with Gasteiger partial charge in [-0.3, -0.25) is 4.79 Å². The molecule has 3 rings (SSSR count). The van der Waals surface area contributed by atoms with Crippen molar-refractivity contribution < 1.29 is 9.32 Å². The molecule has 6 nitrogen and oxygen atoms in total. The molecule has 1 amide bonds. The Labute approximate surface area is 135 Å². The number of benzene rings is 1. The largest absolute Gasteiger partial charge is 0.360 e. The second-order valence-electron chi connectivity index (χ2n) is 4.45. The van der Waals surface area contributed by atoms with Gasteiger partial charge in [0, 0.05) is 22.2 Å². The first-order valence-electron chi connectivity index (χ1n) is 6.33. The molecule has 0 unspecified atom stereocenters. The summed E-state index contributed by atoms with van der Waals surface area (Å²) in [6.45, 7) is 1.75. The van der Waals surface area contributed by atoms with Crippen LogP contribution in [0.4, 0.5) is 16.6 Å². The number of halogens is 1. The third kappa shape index (κ3) is 3.44. The molecule has 0 saturated carbocycles. The van der Waals surface area contributed by atoms with Crippen molar-refractivity contribution in [2.24, 2.45) is 0 Å². The molecule has 112 valence electrons. The SMILES string of the molecule is Cc1cc(NC(=O)c2csc(Nc3ccc(Cl)cc3)n2)no1. The number of nitrogens with one attached hydrogen (secondary N) is 2. The maximum absolute atomic E-state index is 12.0. The lowest BCUT2D eigenvalue weighted by molar-refractivity contribution is 0.102. The van der Waals surface area contributed by atoms with E-state index in [0.717, 1.165) is 5.69 Å². The fraction of sp³-hybridized carbons (Fsp3) is 0.0714. The second-order valence-corrected chi connectivity index (χ2v) is 5.74. The number of thiazole rings is 1. The number of nitrogens with zero attached hydrogens (tertiary/aromatic N) is 2. The van der Waals surface area contributed by atoms with Crippen LogP contribution < -0.4 is 10.6 Å². The first kappa shape index (κ1) is 14.6. The van der Waals surface area contributed by atoms with Crippen LogP contribution in [0.15, 0.2) is 40.2 Å². The summed E-state index contributed by atoms with van der Waals surface area (Å²) in [5.74, 6) is 0.648. The van der Waals surface area contributed by atoms with Crippen molar-refractivity contribution >= 4 is 45.5 Å². The minimum absolute atomic E-state index is 0.308. The minimum Gasteiger partial charge on any atom is -0.360 e. The predicted octanol–water partition coefficient (Wildman–Crippen LogP) is 4.09. The number of hydrogen-bond donors (Lipinski definition) is 2. The summed E-state index contributed by atoms with van der Waals surface area (Å²) in [6.07, 6.45) is 0. The van der Waals surface area contributed by atoms with Crippen molar-refractivity contribution in [2.45, 2.75) is 6.92 Å². The Balaban J connectivity index is 1.67. The normalized spacial score (nSPS) is 10.5. The summed E-state index contributed by atoms with van der Waals surface area (Å²) in [5, 5.41) is 12.4. The fourth-order valence-electron chi connectivity index (χ4n) is 1.70. The van der Waals surface area contributed by atoms with Crippen LogP contribution in [-0.4, -0.2) is 16.0 Å². The zero-order valence-electron chi connectivity index (χ0n) is 11.5. The van der Waals surface area contributed by atoms with E-state index >= 15 is 0 Å². The molecule has 1 aromatic carbocycles. The Morgan fingerprint density at radius 3 is 2.77 bits per heavy atom. The van der Waals surface area contributed by atoms with Gasteiger partial charge < -0.3 is 15.2 Å². The van der Waals surface area contributed by atoms with Crippen molar-refractivity contribution in [2.75, 3.05) is 10.6 Å². The zero-order chi connectivity index (χ0) is 15.5. The number of aryl methyl sites for hydroxylation is 1. The van der Waals surface area contributed by atoms with E-state index in [2.05, 4.69) is 20.8 Å². The number of aromatic nitrogens is 2. The van der Waals surface area contributed by atoms with Crippen molar-refractivity contribution in [3.63, 3.8) is 0 Å². The Hall–Kier alpha value is -2.38. The van der Waals surface area contributed by atoms with Crippen LogP contribution in [0.2, 0.25) is 5.02 Å². The minimum atomic E-state index is -0.339. The Morgan fingerprint density at radius 2 is 2.09 bits per heavy atom. The summed E-state index contributed by atoms with van der Waals surface area (Å²) in [6, 6.07) is 8.86. The van der Waals surface area contributed by atoms with Crippen LogP contribution in [0, 0.1) is 6.92 Å². The molecule has 0 bridgehead atoms. The summed E-state index contributed by atoms with van der Waals surface area (Å²) < 4.78 is 4.89. The highest BCUT2D eigenvalue weighted by Gasteiger charge is 2.13. The van der Waals surface area contributed by atoms with Gasteiger partial charge in [0.25, 0.3) is 5.91 Å². The van der Waals surface area contributed by atoms with Gasteiger partial charge in [-0.1, -0.05) is 16.8 Å². The summed E-state index contributed by atoms with van der Waals surface area (Å²) in [4.78, 5) is 16.3. The fourth-order valence-corrected chi connectivity index (χ4v) is 2.53. The highest BCUT2D eigenvalue weighted by molar-refractivity contribution is 7.14. The molecule has 0 spiro atoms. The first-order valence-corrected chi connectivity index (χ1v) is 7.59. The topological polar surface area (TPSA) is 80.0 Å². The standard InChI is InChI=1S/C14H11ClN4O2S/c1-8-6-12(19-21-8)18-13(20)11-7-22-14(17-11)16-10-4-2-9(15)3-5-10/h2-7H,1H3,(H,16,17)(H,18,19,20). The molecule has 0 fully saturated rings. The van der Waals surface area contributed by atoms with Crippen LogP contribution in [0.5, 0.6) is 0 Å². The number of rotatable bonds is 4. The predicted molar refractivity (Wildman–Crippen MR) is 86.0 cm³/mol. The summed E-state index contributed by atoms with van der Waals surface area (Å²) in [5.41, 5.74) is 1.15. The van der Waals surface area contributed by atoms with E-state index in [9.17, 15) is 4.79 Å². The van der Waals surface area contributed by atoms with Crippen LogP contribution in [0.3, 0.4) is 0 Å². The monoisotopic (exact) mass is 334 g/mol. The van der Waals surface area contributed by atoms with Crippen molar-refractivity contribution in [1.29, 1.82) is 0 Å². The number of hydrogen-bond acceptors (Lipinski definition) is 6. The lowest BCUT2D eigenvalue weighted by Gasteiger charge is -2.01. The van der Waals surface area contributed by atoms with E-state index < -0.39 is 0 Å². The average molecular weight is 335 g/mol. The lowest BCUT2D eigenvalue weighted by Crippen LogP contribution is -2.12. The van der Waals surface area contributed by atoms with Gasteiger partial charge in [0.2, 0.25) is 0 Å². The molecule has 0 atom stereocenters. The maximum atomic E-state index is 12.0. The molecule has 0 aliphatic carbocycles. The Bertz CT molecular complexity index is 797. The number of carbonyl (C=O) groups excluding carboxylic acids is 1. The maximum Gasteiger partial charge on any atom is 0.276 e. The molecule has 2 aromatic heterocycles. The highest BCUT2D eigenvalue weighted by Crippen LogP contribution is 2.22. The van der Waals surface area contributed by atoms with Gasteiger partial charge in [0.15, 0.2) is 10.9 Å². The number of amides is 1. The van der Waals surface area contributed by atoms with Gasteiger partial charge in [-0.25, -0.2) is 4.98 Å². The first-order chi connectivity index (χ1) is 10.6. The molecule has 2 heterocycles. The van der Waals surface area contributed by atoms with E-state index in [1.54, 1.807) is 30.5 Å². The molecule has 0 saturated heterocycles. The van der Waals surface area contributed by atoms with Gasteiger partial charge in [-0.2, -0.15) is 0 Å². The van der Waals surface area contributed by atoms with Gasteiger partial charge in [-0.05, 0) is 31.2 Å². The lowest BCUT2D eigenvalue weighted by atomic mass is 10.3. The van der Waals surface area contributed by atoms with Crippen LogP contribution >= 0.6 is 22.9 Å². The van der Waals surface area contributed by atoms with Crippen LogP contribution in [0.25, 0.3) is 0 Å². The molecule has 0 radical (unpaired) electrons. The molecule has 22 heavy (non-hydrogen) atoms. The molecule has 3 aromatic rings. The van der Waals surface area contributed by atoms with Crippen molar-refractivity contribution in [3.8, 4) is 0 Å².